The Morgan fingerprint density at radius 1 is 1.29 bits per heavy atom. The maximum atomic E-state index is 6.06. The van der Waals surface area contributed by atoms with Crippen molar-refractivity contribution in [2.45, 2.75) is 37.6 Å². The van der Waals surface area contributed by atoms with Gasteiger partial charge in [-0.3, -0.25) is 0 Å². The Balaban J connectivity index is 1.71. The van der Waals surface area contributed by atoms with Crippen LogP contribution in [0, 0.1) is 0 Å². The smallest absolute Gasteiger partial charge is 0.155 e. The SMILES string of the molecule is Clc1nnc(N[C@@H]2CCCNC2)cc1C1CC1. The molecule has 2 heterocycles. The summed E-state index contributed by atoms with van der Waals surface area (Å²) in [6.07, 6.45) is 4.87. The zero-order chi connectivity index (χ0) is 11.7. The van der Waals surface area contributed by atoms with Gasteiger partial charge in [0.1, 0.15) is 5.82 Å². The predicted octanol–water partition coefficient (Wildman–Crippen LogP) is 2.17. The Morgan fingerprint density at radius 2 is 2.18 bits per heavy atom. The molecule has 2 fully saturated rings. The monoisotopic (exact) mass is 252 g/mol. The topological polar surface area (TPSA) is 49.8 Å². The highest BCUT2D eigenvalue weighted by Gasteiger charge is 2.27. The van der Waals surface area contributed by atoms with Crippen molar-refractivity contribution < 1.29 is 0 Å². The highest BCUT2D eigenvalue weighted by molar-refractivity contribution is 6.30. The zero-order valence-corrected chi connectivity index (χ0v) is 10.5. The van der Waals surface area contributed by atoms with E-state index in [2.05, 4.69) is 26.9 Å². The normalized spacial score (nSPS) is 24.6. The summed E-state index contributed by atoms with van der Waals surface area (Å²) in [6.45, 7) is 2.13. The first-order valence-electron chi connectivity index (χ1n) is 6.33. The first-order chi connectivity index (χ1) is 8.33. The number of nitrogens with one attached hydrogen (secondary N) is 2. The van der Waals surface area contributed by atoms with Gasteiger partial charge in [-0.25, -0.2) is 0 Å². The molecule has 1 atom stereocenters. The molecule has 0 radical (unpaired) electrons. The minimum absolute atomic E-state index is 0.464. The molecule has 2 N–H and O–H groups in total. The van der Waals surface area contributed by atoms with Crippen molar-refractivity contribution in [3.63, 3.8) is 0 Å². The maximum absolute atomic E-state index is 6.06. The van der Waals surface area contributed by atoms with Crippen LogP contribution in [0.25, 0.3) is 0 Å². The fourth-order valence-corrected chi connectivity index (χ4v) is 2.57. The summed E-state index contributed by atoms with van der Waals surface area (Å²) in [6, 6.07) is 2.54. The van der Waals surface area contributed by atoms with Gasteiger partial charge in [-0.2, -0.15) is 0 Å². The molecule has 1 saturated heterocycles. The van der Waals surface area contributed by atoms with Crippen molar-refractivity contribution in [2.75, 3.05) is 18.4 Å². The number of halogens is 1. The van der Waals surface area contributed by atoms with Gasteiger partial charge in [-0.05, 0) is 49.8 Å². The van der Waals surface area contributed by atoms with Crippen LogP contribution in [0.5, 0.6) is 0 Å². The van der Waals surface area contributed by atoms with Crippen molar-refractivity contribution in [1.82, 2.24) is 15.5 Å². The molecular weight excluding hydrogens is 236 g/mol. The van der Waals surface area contributed by atoms with E-state index in [0.717, 1.165) is 24.5 Å². The molecule has 0 spiro atoms. The molecule has 0 aromatic carbocycles. The number of rotatable bonds is 3. The lowest BCUT2D eigenvalue weighted by atomic mass is 10.1. The Hall–Kier alpha value is -0.870. The van der Waals surface area contributed by atoms with E-state index in [0.29, 0.717) is 17.1 Å². The van der Waals surface area contributed by atoms with Crippen molar-refractivity contribution in [2.24, 2.45) is 0 Å². The minimum Gasteiger partial charge on any atom is -0.365 e. The summed E-state index contributed by atoms with van der Waals surface area (Å²) in [7, 11) is 0. The van der Waals surface area contributed by atoms with E-state index < -0.39 is 0 Å². The summed E-state index contributed by atoms with van der Waals surface area (Å²) < 4.78 is 0. The number of anilines is 1. The molecule has 0 unspecified atom stereocenters. The fourth-order valence-electron chi connectivity index (χ4n) is 2.33. The number of piperidine rings is 1. The third kappa shape index (κ3) is 2.69. The summed E-state index contributed by atoms with van der Waals surface area (Å²) in [5.41, 5.74) is 1.16. The van der Waals surface area contributed by atoms with Crippen molar-refractivity contribution in [3.05, 3.63) is 16.8 Å². The number of nitrogens with zero attached hydrogens (tertiary/aromatic N) is 2. The molecule has 92 valence electrons. The molecule has 5 heteroatoms. The number of aromatic nitrogens is 2. The third-order valence-corrected chi connectivity index (χ3v) is 3.74. The predicted molar refractivity (Wildman–Crippen MR) is 68.5 cm³/mol. The van der Waals surface area contributed by atoms with Gasteiger partial charge < -0.3 is 10.6 Å². The molecular formula is C12H17ClN4. The quantitative estimate of drug-likeness (QED) is 0.866. The van der Waals surface area contributed by atoms with Crippen LogP contribution in [-0.2, 0) is 0 Å². The summed E-state index contributed by atoms with van der Waals surface area (Å²) in [5, 5.41) is 15.5. The average Bonchev–Trinajstić information content (AvgIpc) is 3.17. The van der Waals surface area contributed by atoms with Crippen LogP contribution >= 0.6 is 11.6 Å². The van der Waals surface area contributed by atoms with Crippen LogP contribution in [-0.4, -0.2) is 29.3 Å². The standard InChI is InChI=1S/C12H17ClN4/c13-12-10(8-3-4-8)6-11(16-17-12)15-9-2-1-5-14-7-9/h6,8-9,14H,1-5,7H2,(H,15,16)/t9-/m1/s1. The number of hydrogen-bond donors (Lipinski definition) is 2. The second-order valence-electron chi connectivity index (χ2n) is 4.94. The summed E-state index contributed by atoms with van der Waals surface area (Å²) >= 11 is 6.06. The largest absolute Gasteiger partial charge is 0.365 e. The lowest BCUT2D eigenvalue weighted by Crippen LogP contribution is -2.38. The average molecular weight is 253 g/mol. The van der Waals surface area contributed by atoms with Crippen molar-refractivity contribution in [3.8, 4) is 0 Å². The van der Waals surface area contributed by atoms with Crippen LogP contribution in [0.3, 0.4) is 0 Å². The molecule has 2 aliphatic rings. The fraction of sp³-hybridized carbons (Fsp3) is 0.667. The van der Waals surface area contributed by atoms with Crippen LogP contribution in [0.15, 0.2) is 6.07 Å². The van der Waals surface area contributed by atoms with Gasteiger partial charge >= 0.3 is 0 Å². The summed E-state index contributed by atoms with van der Waals surface area (Å²) in [4.78, 5) is 0. The second-order valence-corrected chi connectivity index (χ2v) is 5.30. The van der Waals surface area contributed by atoms with Crippen LogP contribution < -0.4 is 10.6 Å². The zero-order valence-electron chi connectivity index (χ0n) is 9.75. The Bertz CT molecular complexity index is 399. The number of hydrogen-bond acceptors (Lipinski definition) is 4. The molecule has 0 bridgehead atoms. The van der Waals surface area contributed by atoms with Crippen molar-refractivity contribution in [1.29, 1.82) is 0 Å². The van der Waals surface area contributed by atoms with Crippen LogP contribution in [0.2, 0.25) is 5.15 Å². The molecule has 1 aliphatic carbocycles. The Morgan fingerprint density at radius 3 is 2.88 bits per heavy atom. The van der Waals surface area contributed by atoms with E-state index >= 15 is 0 Å². The van der Waals surface area contributed by atoms with E-state index in [1.807, 2.05) is 0 Å². The molecule has 3 rings (SSSR count). The van der Waals surface area contributed by atoms with Gasteiger partial charge in [-0.15, -0.1) is 10.2 Å². The van der Waals surface area contributed by atoms with E-state index in [-0.39, 0.29) is 0 Å². The van der Waals surface area contributed by atoms with E-state index in [1.165, 1.54) is 25.7 Å². The van der Waals surface area contributed by atoms with Gasteiger partial charge in [0.25, 0.3) is 0 Å². The first kappa shape index (κ1) is 11.2. The Kier molecular flexibility index (Phi) is 3.16. The van der Waals surface area contributed by atoms with Gasteiger partial charge in [0.2, 0.25) is 0 Å². The Labute approximate surface area is 106 Å². The molecule has 1 saturated carbocycles. The lowest BCUT2D eigenvalue weighted by Gasteiger charge is -2.24. The third-order valence-electron chi connectivity index (χ3n) is 3.44. The van der Waals surface area contributed by atoms with Gasteiger partial charge in [-0.1, -0.05) is 11.6 Å². The molecule has 1 aliphatic heterocycles. The lowest BCUT2D eigenvalue weighted by molar-refractivity contribution is 0.478. The maximum Gasteiger partial charge on any atom is 0.155 e. The molecule has 0 amide bonds. The second kappa shape index (κ2) is 4.78. The highest BCUT2D eigenvalue weighted by Crippen LogP contribution is 2.43. The molecule has 17 heavy (non-hydrogen) atoms. The molecule has 4 nitrogen and oxygen atoms in total. The van der Waals surface area contributed by atoms with Crippen LogP contribution in [0.1, 0.15) is 37.2 Å². The minimum atomic E-state index is 0.464. The van der Waals surface area contributed by atoms with E-state index in [9.17, 15) is 0 Å². The van der Waals surface area contributed by atoms with Crippen molar-refractivity contribution >= 4 is 17.4 Å². The molecule has 1 aromatic heterocycles. The van der Waals surface area contributed by atoms with Crippen LogP contribution in [0.4, 0.5) is 5.82 Å². The highest BCUT2D eigenvalue weighted by atomic mass is 35.5. The molecule has 1 aromatic rings. The first-order valence-corrected chi connectivity index (χ1v) is 6.71. The van der Waals surface area contributed by atoms with Gasteiger partial charge in [0, 0.05) is 12.6 Å². The summed E-state index contributed by atoms with van der Waals surface area (Å²) in [5.74, 6) is 1.48. The van der Waals surface area contributed by atoms with Gasteiger partial charge in [0.15, 0.2) is 5.15 Å². The van der Waals surface area contributed by atoms with E-state index in [4.69, 9.17) is 11.6 Å². The van der Waals surface area contributed by atoms with E-state index in [1.54, 1.807) is 0 Å². The van der Waals surface area contributed by atoms with Gasteiger partial charge in [0.05, 0.1) is 0 Å².